The minimum Gasteiger partial charge on any atom is -0.493 e. The lowest BCUT2D eigenvalue weighted by atomic mass is 10.2. The summed E-state index contributed by atoms with van der Waals surface area (Å²) in [6.07, 6.45) is 2.00. The number of hydrogen-bond donors (Lipinski definition) is 1. The molecule has 33 heavy (non-hydrogen) atoms. The maximum Gasteiger partial charge on any atom is 0.573 e. The number of benzene rings is 1. The first-order valence-corrected chi connectivity index (χ1v) is 10.5. The Bertz CT molecular complexity index is 1140. The molecule has 0 spiro atoms. The molecule has 4 rings (SSSR count). The van der Waals surface area contributed by atoms with E-state index in [9.17, 15) is 23.1 Å². The summed E-state index contributed by atoms with van der Waals surface area (Å²) in [5.41, 5.74) is 0.346. The zero-order chi connectivity index (χ0) is 23.4. The molecule has 11 heteroatoms. The van der Waals surface area contributed by atoms with Crippen LogP contribution in [0.4, 0.5) is 13.2 Å². The van der Waals surface area contributed by atoms with Gasteiger partial charge < -0.3 is 14.6 Å². The van der Waals surface area contributed by atoms with Crippen molar-refractivity contribution >= 4 is 0 Å². The maximum absolute atomic E-state index is 12.9. The molecule has 0 aliphatic carbocycles. The molecule has 3 aromatic rings. The molecule has 1 aliphatic heterocycles. The first kappa shape index (κ1) is 22.7. The third kappa shape index (κ3) is 5.67. The van der Waals surface area contributed by atoms with Crippen molar-refractivity contribution in [3.63, 3.8) is 0 Å². The summed E-state index contributed by atoms with van der Waals surface area (Å²) in [6, 6.07) is 6.38. The lowest BCUT2D eigenvalue weighted by molar-refractivity contribution is -0.274. The molecular formula is C22H23F3N4O4. The summed E-state index contributed by atoms with van der Waals surface area (Å²) in [6.45, 7) is 3.55. The molecule has 8 nitrogen and oxygen atoms in total. The number of halogens is 3. The lowest BCUT2D eigenvalue weighted by Gasteiger charge is -2.16. The van der Waals surface area contributed by atoms with Gasteiger partial charge in [-0.2, -0.15) is 0 Å². The van der Waals surface area contributed by atoms with Gasteiger partial charge in [-0.05, 0) is 56.3 Å². The smallest absolute Gasteiger partial charge is 0.493 e. The molecule has 0 bridgehead atoms. The van der Waals surface area contributed by atoms with Crippen LogP contribution in [0.25, 0.3) is 5.69 Å². The van der Waals surface area contributed by atoms with E-state index in [0.29, 0.717) is 17.9 Å². The van der Waals surface area contributed by atoms with Crippen molar-refractivity contribution < 1.29 is 27.8 Å². The molecule has 0 saturated carbocycles. The SMILES string of the molecule is O=c1n(Cc2ccncc2OCCN2CCCC2)cc(O)n1-c1ccc(OC(F)(F)F)cc1. The van der Waals surface area contributed by atoms with Gasteiger partial charge in [-0.25, -0.2) is 9.36 Å². The van der Waals surface area contributed by atoms with Crippen molar-refractivity contribution in [3.8, 4) is 23.1 Å². The summed E-state index contributed by atoms with van der Waals surface area (Å²) in [4.78, 5) is 19.3. The van der Waals surface area contributed by atoms with E-state index in [-0.39, 0.29) is 18.1 Å². The highest BCUT2D eigenvalue weighted by Gasteiger charge is 2.31. The predicted molar refractivity (Wildman–Crippen MR) is 113 cm³/mol. The molecule has 0 unspecified atom stereocenters. The Morgan fingerprint density at radius 1 is 1.09 bits per heavy atom. The van der Waals surface area contributed by atoms with E-state index >= 15 is 0 Å². The average Bonchev–Trinajstić information content (AvgIpc) is 3.37. The van der Waals surface area contributed by atoms with Gasteiger partial charge in [-0.3, -0.25) is 14.5 Å². The third-order valence-corrected chi connectivity index (χ3v) is 5.34. The van der Waals surface area contributed by atoms with Gasteiger partial charge in [0.2, 0.25) is 5.88 Å². The van der Waals surface area contributed by atoms with E-state index in [0.717, 1.165) is 36.3 Å². The van der Waals surface area contributed by atoms with Crippen molar-refractivity contribution in [3.05, 3.63) is 65.0 Å². The molecule has 1 N–H and O–H groups in total. The Hall–Kier alpha value is -3.47. The fourth-order valence-electron chi connectivity index (χ4n) is 3.78. The molecule has 1 saturated heterocycles. The van der Waals surface area contributed by atoms with Crippen LogP contribution in [0, 0.1) is 0 Å². The van der Waals surface area contributed by atoms with Crippen LogP contribution < -0.4 is 15.2 Å². The van der Waals surface area contributed by atoms with Crippen LogP contribution in [0.2, 0.25) is 0 Å². The van der Waals surface area contributed by atoms with E-state index < -0.39 is 17.8 Å². The standard InChI is InChI=1S/C22H23F3N4O4/c23-22(24,25)33-18-5-3-17(4-6-18)29-20(30)15-28(21(29)31)14-16-7-8-26-13-19(16)32-12-11-27-9-1-2-10-27/h3-8,13,15,30H,1-2,9-12,14H2. The number of pyridine rings is 1. The van der Waals surface area contributed by atoms with Crippen LogP contribution >= 0.6 is 0 Å². The van der Waals surface area contributed by atoms with Gasteiger partial charge in [-0.1, -0.05) is 0 Å². The third-order valence-electron chi connectivity index (χ3n) is 5.34. The fraction of sp³-hybridized carbons (Fsp3) is 0.364. The number of hydrogen-bond acceptors (Lipinski definition) is 6. The van der Waals surface area contributed by atoms with Gasteiger partial charge in [0.25, 0.3) is 0 Å². The van der Waals surface area contributed by atoms with Crippen LogP contribution in [-0.2, 0) is 6.54 Å². The fourth-order valence-corrected chi connectivity index (χ4v) is 3.78. The Balaban J connectivity index is 1.49. The number of ether oxygens (including phenoxy) is 2. The van der Waals surface area contributed by atoms with E-state index in [1.54, 1.807) is 18.5 Å². The number of nitrogens with zero attached hydrogens (tertiary/aromatic N) is 4. The minimum absolute atomic E-state index is 0.121. The van der Waals surface area contributed by atoms with Crippen LogP contribution in [0.5, 0.6) is 17.4 Å². The average molecular weight is 464 g/mol. The molecular weight excluding hydrogens is 441 g/mol. The van der Waals surface area contributed by atoms with Crippen molar-refractivity contribution in [1.82, 2.24) is 19.0 Å². The van der Waals surface area contributed by atoms with Crippen LogP contribution in [-0.4, -0.2) is 56.7 Å². The van der Waals surface area contributed by atoms with Crippen molar-refractivity contribution in [2.75, 3.05) is 26.2 Å². The van der Waals surface area contributed by atoms with Gasteiger partial charge >= 0.3 is 12.1 Å². The highest BCUT2D eigenvalue weighted by molar-refractivity contribution is 5.40. The zero-order valence-electron chi connectivity index (χ0n) is 17.7. The summed E-state index contributed by atoms with van der Waals surface area (Å²) >= 11 is 0. The second kappa shape index (κ2) is 9.57. The first-order chi connectivity index (χ1) is 15.8. The Morgan fingerprint density at radius 3 is 2.52 bits per heavy atom. The van der Waals surface area contributed by atoms with Gasteiger partial charge in [0, 0.05) is 18.3 Å². The molecule has 0 atom stereocenters. The molecule has 2 aromatic heterocycles. The van der Waals surface area contributed by atoms with E-state index in [4.69, 9.17) is 4.74 Å². The first-order valence-electron chi connectivity index (χ1n) is 10.5. The van der Waals surface area contributed by atoms with Crippen LogP contribution in [0.15, 0.2) is 53.7 Å². The Morgan fingerprint density at radius 2 is 1.82 bits per heavy atom. The van der Waals surface area contributed by atoms with E-state index in [1.165, 1.54) is 35.7 Å². The summed E-state index contributed by atoms with van der Waals surface area (Å²) in [7, 11) is 0. The van der Waals surface area contributed by atoms with Gasteiger partial charge in [0.05, 0.1) is 24.6 Å². The van der Waals surface area contributed by atoms with E-state index in [1.807, 2.05) is 0 Å². The lowest BCUT2D eigenvalue weighted by Crippen LogP contribution is -2.26. The topological polar surface area (TPSA) is 81.8 Å². The van der Waals surface area contributed by atoms with Crippen molar-refractivity contribution in [2.45, 2.75) is 25.7 Å². The highest BCUT2D eigenvalue weighted by Crippen LogP contribution is 2.25. The summed E-state index contributed by atoms with van der Waals surface area (Å²) < 4.78 is 49.1. The Kier molecular flexibility index (Phi) is 6.59. The largest absolute Gasteiger partial charge is 0.573 e. The monoisotopic (exact) mass is 464 g/mol. The number of alkyl halides is 3. The maximum atomic E-state index is 12.9. The number of aromatic nitrogens is 3. The molecule has 1 aromatic carbocycles. The van der Waals surface area contributed by atoms with Gasteiger partial charge in [-0.15, -0.1) is 13.2 Å². The number of imidazole rings is 1. The summed E-state index contributed by atoms with van der Waals surface area (Å²) in [5.74, 6) is -0.231. The van der Waals surface area contributed by atoms with Crippen LogP contribution in [0.3, 0.4) is 0 Å². The molecule has 176 valence electrons. The zero-order valence-corrected chi connectivity index (χ0v) is 17.7. The molecule has 1 fully saturated rings. The number of likely N-dealkylation sites (tertiary alicyclic amines) is 1. The van der Waals surface area contributed by atoms with Crippen molar-refractivity contribution in [2.24, 2.45) is 0 Å². The van der Waals surface area contributed by atoms with E-state index in [2.05, 4.69) is 14.6 Å². The molecule has 0 amide bonds. The van der Waals surface area contributed by atoms with Gasteiger partial charge in [0.1, 0.15) is 18.1 Å². The molecule has 1 aliphatic rings. The number of aromatic hydroxyl groups is 1. The van der Waals surface area contributed by atoms with Crippen LogP contribution in [0.1, 0.15) is 18.4 Å². The normalized spacial score (nSPS) is 14.5. The molecule has 0 radical (unpaired) electrons. The predicted octanol–water partition coefficient (Wildman–Crippen LogP) is 3.16. The second-order valence-electron chi connectivity index (χ2n) is 7.66. The second-order valence-corrected chi connectivity index (χ2v) is 7.66. The quantitative estimate of drug-likeness (QED) is 0.552. The number of rotatable bonds is 8. The minimum atomic E-state index is -4.82. The molecule has 3 heterocycles. The highest BCUT2D eigenvalue weighted by atomic mass is 19.4. The van der Waals surface area contributed by atoms with Gasteiger partial charge in [0.15, 0.2) is 0 Å². The Labute approximate surface area is 187 Å². The summed E-state index contributed by atoms with van der Waals surface area (Å²) in [5, 5.41) is 10.3. The van der Waals surface area contributed by atoms with Crippen molar-refractivity contribution in [1.29, 1.82) is 0 Å².